The molecule has 0 radical (unpaired) electrons. The Labute approximate surface area is 121 Å². The summed E-state index contributed by atoms with van der Waals surface area (Å²) in [4.78, 5) is 23.2. The number of carbonyl (C=O) groups excluding carboxylic acids is 1. The van der Waals surface area contributed by atoms with E-state index >= 15 is 0 Å². The molecule has 108 valence electrons. The highest BCUT2D eigenvalue weighted by molar-refractivity contribution is 6.30. The Morgan fingerprint density at radius 1 is 1.45 bits per heavy atom. The molecule has 1 aliphatic heterocycles. The molecule has 2 rings (SSSR count). The van der Waals surface area contributed by atoms with Crippen LogP contribution in [0.25, 0.3) is 0 Å². The van der Waals surface area contributed by atoms with Crippen LogP contribution in [0, 0.1) is 0 Å². The Bertz CT molecular complexity index is 519. The van der Waals surface area contributed by atoms with Crippen LogP contribution in [0.15, 0.2) is 18.2 Å². The number of fused-ring (bicyclic) bond motifs is 1. The normalized spacial score (nSPS) is 16.8. The molecule has 0 saturated carbocycles. The maximum Gasteiger partial charge on any atom is 0.317 e. The fourth-order valence-corrected chi connectivity index (χ4v) is 2.47. The number of carbonyl (C=O) groups is 2. The van der Waals surface area contributed by atoms with Crippen LogP contribution >= 0.6 is 11.6 Å². The van der Waals surface area contributed by atoms with E-state index in [1.54, 1.807) is 12.1 Å². The molecule has 0 saturated heterocycles. The van der Waals surface area contributed by atoms with Gasteiger partial charge in [-0.05, 0) is 23.8 Å². The largest absolute Gasteiger partial charge is 0.488 e. The van der Waals surface area contributed by atoms with Crippen molar-refractivity contribution >= 4 is 23.5 Å². The number of aliphatic carboxylic acids is 1. The summed E-state index contributed by atoms with van der Waals surface area (Å²) in [6, 6.07) is 5.35. The van der Waals surface area contributed by atoms with E-state index < -0.39 is 11.9 Å². The first-order chi connectivity index (χ1) is 9.44. The van der Waals surface area contributed by atoms with Crippen LogP contribution < -0.4 is 10.5 Å². The van der Waals surface area contributed by atoms with Gasteiger partial charge in [0, 0.05) is 18.0 Å². The number of hydrogen-bond donors (Lipinski definition) is 2. The van der Waals surface area contributed by atoms with Crippen LogP contribution in [0.5, 0.6) is 5.75 Å². The van der Waals surface area contributed by atoms with Gasteiger partial charge in [-0.1, -0.05) is 11.6 Å². The lowest BCUT2D eigenvalue weighted by molar-refractivity contribution is -0.138. The van der Waals surface area contributed by atoms with Gasteiger partial charge in [0.15, 0.2) is 0 Å². The number of carboxylic acids is 1. The summed E-state index contributed by atoms with van der Waals surface area (Å²) in [5, 5.41) is 9.46. The topological polar surface area (TPSA) is 92.9 Å². The Kier molecular flexibility index (Phi) is 4.46. The second-order valence-electron chi connectivity index (χ2n) is 4.73. The van der Waals surface area contributed by atoms with Gasteiger partial charge in [0.25, 0.3) is 0 Å². The summed E-state index contributed by atoms with van der Waals surface area (Å²) < 4.78 is 5.71. The monoisotopic (exact) mass is 298 g/mol. The molecule has 1 atom stereocenters. The van der Waals surface area contributed by atoms with Gasteiger partial charge < -0.3 is 15.6 Å². The van der Waals surface area contributed by atoms with E-state index in [0.717, 1.165) is 11.3 Å². The van der Waals surface area contributed by atoms with E-state index in [2.05, 4.69) is 0 Å². The summed E-state index contributed by atoms with van der Waals surface area (Å²) in [6.07, 6.45) is 0.423. The molecular formula is C13H15ClN2O4. The molecule has 1 aromatic carbocycles. The molecule has 7 heteroatoms. The van der Waals surface area contributed by atoms with Crippen LogP contribution in [-0.4, -0.2) is 47.6 Å². The second kappa shape index (κ2) is 6.11. The first kappa shape index (κ1) is 14.6. The van der Waals surface area contributed by atoms with Crippen molar-refractivity contribution in [1.29, 1.82) is 0 Å². The predicted octanol–water partition coefficient (Wildman–Crippen LogP) is 0.515. The van der Waals surface area contributed by atoms with Crippen molar-refractivity contribution in [3.8, 4) is 5.75 Å². The maximum atomic E-state index is 11.0. The number of halogens is 1. The highest BCUT2D eigenvalue weighted by Gasteiger charge is 2.26. The molecule has 0 aliphatic carbocycles. The van der Waals surface area contributed by atoms with Crippen molar-refractivity contribution < 1.29 is 19.4 Å². The third-order valence-corrected chi connectivity index (χ3v) is 3.20. The first-order valence-corrected chi connectivity index (χ1v) is 6.49. The van der Waals surface area contributed by atoms with E-state index in [1.807, 2.05) is 6.07 Å². The summed E-state index contributed by atoms with van der Waals surface area (Å²) >= 11 is 5.91. The van der Waals surface area contributed by atoms with E-state index in [0.29, 0.717) is 18.0 Å². The number of carboxylic acid groups (broad SMARTS) is 1. The summed E-state index contributed by atoms with van der Waals surface area (Å²) in [7, 11) is 0. The fraction of sp³-hybridized carbons (Fsp3) is 0.385. The lowest BCUT2D eigenvalue weighted by Crippen LogP contribution is -2.42. The van der Waals surface area contributed by atoms with Crippen molar-refractivity contribution in [1.82, 2.24) is 4.90 Å². The number of benzene rings is 1. The van der Waals surface area contributed by atoms with Crippen LogP contribution in [-0.2, 0) is 16.0 Å². The Morgan fingerprint density at radius 3 is 2.85 bits per heavy atom. The average molecular weight is 299 g/mol. The highest BCUT2D eigenvalue weighted by Crippen LogP contribution is 2.31. The summed E-state index contributed by atoms with van der Waals surface area (Å²) in [6.45, 7) is -0.0370. The van der Waals surface area contributed by atoms with Gasteiger partial charge in [0.05, 0.1) is 13.1 Å². The number of ether oxygens (including phenoxy) is 1. The molecule has 1 heterocycles. The minimum Gasteiger partial charge on any atom is -0.488 e. The van der Waals surface area contributed by atoms with Gasteiger partial charge in [-0.25, -0.2) is 0 Å². The molecule has 6 nitrogen and oxygen atoms in total. The van der Waals surface area contributed by atoms with E-state index in [4.69, 9.17) is 27.2 Å². The van der Waals surface area contributed by atoms with Crippen molar-refractivity contribution in [2.75, 3.05) is 19.6 Å². The Hall–Kier alpha value is -1.79. The maximum absolute atomic E-state index is 11.0. The minimum absolute atomic E-state index is 0.108. The minimum atomic E-state index is -1.01. The van der Waals surface area contributed by atoms with Gasteiger partial charge in [-0.3, -0.25) is 14.5 Å². The molecule has 1 aromatic rings. The zero-order valence-electron chi connectivity index (χ0n) is 10.7. The molecular weight excluding hydrogens is 284 g/mol. The van der Waals surface area contributed by atoms with Crippen LogP contribution in [0.2, 0.25) is 5.02 Å². The second-order valence-corrected chi connectivity index (χ2v) is 5.16. The molecule has 0 bridgehead atoms. The SMILES string of the molecule is NC(=O)CN(CC(=O)O)CC1Cc2cc(Cl)ccc2O1. The molecule has 1 aliphatic rings. The average Bonchev–Trinajstić information content (AvgIpc) is 2.68. The van der Waals surface area contributed by atoms with E-state index in [1.165, 1.54) is 4.90 Å². The van der Waals surface area contributed by atoms with E-state index in [-0.39, 0.29) is 19.2 Å². The number of nitrogens with zero attached hydrogens (tertiary/aromatic N) is 1. The molecule has 0 aromatic heterocycles. The quantitative estimate of drug-likeness (QED) is 0.798. The zero-order valence-corrected chi connectivity index (χ0v) is 11.5. The number of rotatable bonds is 6. The highest BCUT2D eigenvalue weighted by atomic mass is 35.5. The fourth-order valence-electron chi connectivity index (χ4n) is 2.28. The first-order valence-electron chi connectivity index (χ1n) is 6.11. The third kappa shape index (κ3) is 3.85. The number of hydrogen-bond acceptors (Lipinski definition) is 4. The number of nitrogens with two attached hydrogens (primary N) is 1. The van der Waals surface area contributed by atoms with E-state index in [9.17, 15) is 9.59 Å². The van der Waals surface area contributed by atoms with Crippen LogP contribution in [0.1, 0.15) is 5.56 Å². The Morgan fingerprint density at radius 2 is 2.20 bits per heavy atom. The van der Waals surface area contributed by atoms with Crippen molar-refractivity contribution in [3.05, 3.63) is 28.8 Å². The molecule has 20 heavy (non-hydrogen) atoms. The van der Waals surface area contributed by atoms with Crippen LogP contribution in [0.3, 0.4) is 0 Å². The standard InChI is InChI=1S/C13H15ClN2O4/c14-9-1-2-11-8(3-9)4-10(20-11)5-16(6-12(15)17)7-13(18)19/h1-3,10H,4-7H2,(H2,15,17)(H,18,19). The lowest BCUT2D eigenvalue weighted by atomic mass is 10.1. The van der Waals surface area contributed by atoms with Crippen LogP contribution in [0.4, 0.5) is 0 Å². The van der Waals surface area contributed by atoms with Gasteiger partial charge in [0.2, 0.25) is 5.91 Å². The zero-order chi connectivity index (χ0) is 14.7. The molecule has 0 fully saturated rings. The van der Waals surface area contributed by atoms with Crippen molar-refractivity contribution in [2.45, 2.75) is 12.5 Å². The van der Waals surface area contributed by atoms with Gasteiger partial charge in [-0.15, -0.1) is 0 Å². The van der Waals surface area contributed by atoms with Gasteiger partial charge in [0.1, 0.15) is 11.9 Å². The lowest BCUT2D eigenvalue weighted by Gasteiger charge is -2.22. The van der Waals surface area contributed by atoms with Crippen molar-refractivity contribution in [2.24, 2.45) is 5.73 Å². The smallest absolute Gasteiger partial charge is 0.317 e. The van der Waals surface area contributed by atoms with Gasteiger partial charge >= 0.3 is 5.97 Å². The third-order valence-electron chi connectivity index (χ3n) is 2.96. The molecule has 1 unspecified atom stereocenters. The molecule has 1 amide bonds. The summed E-state index contributed by atoms with van der Waals surface area (Å²) in [5.41, 5.74) is 6.10. The molecule has 3 N–H and O–H groups in total. The number of primary amides is 1. The van der Waals surface area contributed by atoms with Crippen molar-refractivity contribution in [3.63, 3.8) is 0 Å². The van der Waals surface area contributed by atoms with Gasteiger partial charge in [-0.2, -0.15) is 0 Å². The summed E-state index contributed by atoms with van der Waals surface area (Å²) in [5.74, 6) is -0.830. The predicted molar refractivity (Wildman–Crippen MR) is 72.8 cm³/mol. The molecule has 0 spiro atoms. The Balaban J connectivity index is 1.99. The number of amides is 1.